The summed E-state index contributed by atoms with van der Waals surface area (Å²) in [7, 11) is -3.70. The van der Waals surface area contributed by atoms with Crippen LogP contribution in [0.15, 0.2) is 59.5 Å². The molecule has 2 aromatic rings. The molecule has 0 aliphatic rings. The number of amides is 1. The molecule has 3 N–H and O–H groups in total. The number of rotatable bonds is 7. The summed E-state index contributed by atoms with van der Waals surface area (Å²) in [6, 6.07) is 15.9. The monoisotopic (exact) mass is 346 g/mol. The summed E-state index contributed by atoms with van der Waals surface area (Å²) in [6.45, 7) is 2.39. The minimum absolute atomic E-state index is 0.0291. The van der Waals surface area contributed by atoms with Crippen molar-refractivity contribution in [3.05, 3.63) is 65.7 Å². The van der Waals surface area contributed by atoms with E-state index in [0.29, 0.717) is 6.54 Å². The van der Waals surface area contributed by atoms with Gasteiger partial charge in [-0.3, -0.25) is 4.79 Å². The molecule has 0 saturated heterocycles. The maximum absolute atomic E-state index is 12.5. The fourth-order valence-corrected chi connectivity index (χ4v) is 3.05. The lowest BCUT2D eigenvalue weighted by atomic mass is 9.93. The minimum Gasteiger partial charge on any atom is -0.351 e. The standard InChI is InChI=1S/C18H22N2O3S/c1-2-6-17(15-7-4-3-5-8-15)18(21)20-13-14-9-11-16(12-10-14)24(19,22)23/h3-5,7-12,17H,2,6,13H2,1H3,(H,20,21)(H2,19,22,23). The second-order valence-electron chi connectivity index (χ2n) is 5.66. The Hall–Kier alpha value is -2.18. The highest BCUT2D eigenvalue weighted by molar-refractivity contribution is 7.89. The van der Waals surface area contributed by atoms with Gasteiger partial charge >= 0.3 is 0 Å². The molecule has 2 rings (SSSR count). The van der Waals surface area contributed by atoms with E-state index in [0.717, 1.165) is 24.0 Å². The third-order valence-corrected chi connectivity index (χ3v) is 4.74. The van der Waals surface area contributed by atoms with Crippen LogP contribution in [0.5, 0.6) is 0 Å². The van der Waals surface area contributed by atoms with Gasteiger partial charge in [0.15, 0.2) is 0 Å². The van der Waals surface area contributed by atoms with Crippen LogP contribution in [0.4, 0.5) is 0 Å². The average molecular weight is 346 g/mol. The third kappa shape index (κ3) is 4.91. The van der Waals surface area contributed by atoms with Crippen molar-refractivity contribution in [1.82, 2.24) is 5.32 Å². The summed E-state index contributed by atoms with van der Waals surface area (Å²) in [5, 5.41) is 7.99. The number of hydrogen-bond acceptors (Lipinski definition) is 3. The molecule has 24 heavy (non-hydrogen) atoms. The maximum atomic E-state index is 12.5. The number of hydrogen-bond donors (Lipinski definition) is 2. The molecule has 0 spiro atoms. The summed E-state index contributed by atoms with van der Waals surface area (Å²) in [5.74, 6) is -0.210. The molecule has 2 aromatic carbocycles. The second kappa shape index (κ2) is 8.08. The van der Waals surface area contributed by atoms with Crippen molar-refractivity contribution in [3.8, 4) is 0 Å². The van der Waals surface area contributed by atoms with E-state index in [-0.39, 0.29) is 16.7 Å². The van der Waals surface area contributed by atoms with Crippen molar-refractivity contribution >= 4 is 15.9 Å². The van der Waals surface area contributed by atoms with Crippen LogP contribution >= 0.6 is 0 Å². The first kappa shape index (κ1) is 18.2. The molecule has 1 amide bonds. The van der Waals surface area contributed by atoms with Crippen molar-refractivity contribution in [3.63, 3.8) is 0 Å². The number of sulfonamides is 1. The zero-order valence-corrected chi connectivity index (χ0v) is 14.4. The molecule has 0 radical (unpaired) electrons. The Bertz CT molecular complexity index is 772. The van der Waals surface area contributed by atoms with Crippen LogP contribution < -0.4 is 10.5 Å². The number of nitrogens with one attached hydrogen (secondary N) is 1. The Balaban J connectivity index is 2.03. The highest BCUT2D eigenvalue weighted by Gasteiger charge is 2.19. The topological polar surface area (TPSA) is 89.3 Å². The van der Waals surface area contributed by atoms with E-state index in [1.165, 1.54) is 12.1 Å². The molecule has 0 aromatic heterocycles. The highest BCUT2D eigenvalue weighted by atomic mass is 32.2. The lowest BCUT2D eigenvalue weighted by molar-refractivity contribution is -0.122. The van der Waals surface area contributed by atoms with E-state index in [2.05, 4.69) is 12.2 Å². The zero-order chi connectivity index (χ0) is 17.6. The van der Waals surface area contributed by atoms with Crippen LogP contribution in [0.3, 0.4) is 0 Å². The molecule has 0 heterocycles. The molecule has 5 nitrogen and oxygen atoms in total. The van der Waals surface area contributed by atoms with Gasteiger partial charge < -0.3 is 5.32 Å². The van der Waals surface area contributed by atoms with Crippen LogP contribution in [0.2, 0.25) is 0 Å². The molecule has 0 saturated carbocycles. The lowest BCUT2D eigenvalue weighted by Gasteiger charge is -2.16. The smallest absolute Gasteiger partial charge is 0.238 e. The first-order chi connectivity index (χ1) is 11.4. The molecule has 0 fully saturated rings. The highest BCUT2D eigenvalue weighted by Crippen LogP contribution is 2.21. The predicted octanol–water partition coefficient (Wildman–Crippen LogP) is 2.53. The molecule has 0 bridgehead atoms. The summed E-state index contributed by atoms with van der Waals surface area (Å²) >= 11 is 0. The summed E-state index contributed by atoms with van der Waals surface area (Å²) < 4.78 is 22.5. The van der Waals surface area contributed by atoms with Crippen molar-refractivity contribution in [1.29, 1.82) is 0 Å². The van der Waals surface area contributed by atoms with Crippen molar-refractivity contribution in [2.45, 2.75) is 37.1 Å². The van der Waals surface area contributed by atoms with E-state index in [1.807, 2.05) is 30.3 Å². The Morgan fingerprint density at radius 3 is 2.25 bits per heavy atom. The van der Waals surface area contributed by atoms with E-state index in [9.17, 15) is 13.2 Å². The van der Waals surface area contributed by atoms with Gasteiger partial charge in [-0.05, 0) is 29.7 Å². The predicted molar refractivity (Wildman–Crippen MR) is 93.8 cm³/mol. The van der Waals surface area contributed by atoms with E-state index in [4.69, 9.17) is 5.14 Å². The van der Waals surface area contributed by atoms with Gasteiger partial charge in [-0.2, -0.15) is 0 Å². The molecule has 128 valence electrons. The Morgan fingerprint density at radius 1 is 1.08 bits per heavy atom. The van der Waals surface area contributed by atoms with Crippen LogP contribution in [0.1, 0.15) is 36.8 Å². The lowest BCUT2D eigenvalue weighted by Crippen LogP contribution is -2.29. The van der Waals surface area contributed by atoms with Crippen molar-refractivity contribution in [2.75, 3.05) is 0 Å². The van der Waals surface area contributed by atoms with Gasteiger partial charge in [0.1, 0.15) is 0 Å². The van der Waals surface area contributed by atoms with Crippen molar-refractivity contribution in [2.24, 2.45) is 5.14 Å². The summed E-state index contributed by atoms with van der Waals surface area (Å²) in [4.78, 5) is 12.6. The van der Waals surface area contributed by atoms with Gasteiger partial charge in [0.2, 0.25) is 15.9 Å². The molecule has 6 heteroatoms. The number of nitrogens with two attached hydrogens (primary N) is 1. The van der Waals surface area contributed by atoms with E-state index in [1.54, 1.807) is 12.1 Å². The first-order valence-electron chi connectivity index (χ1n) is 7.86. The second-order valence-corrected chi connectivity index (χ2v) is 7.22. The van der Waals surface area contributed by atoms with Gasteiger partial charge in [0.25, 0.3) is 0 Å². The molecule has 0 aliphatic heterocycles. The Morgan fingerprint density at radius 2 is 1.71 bits per heavy atom. The quantitative estimate of drug-likeness (QED) is 0.807. The van der Waals surface area contributed by atoms with E-state index < -0.39 is 10.0 Å². The molecule has 1 atom stereocenters. The van der Waals surface area contributed by atoms with Crippen LogP contribution in [0.25, 0.3) is 0 Å². The fourth-order valence-electron chi connectivity index (χ4n) is 2.53. The maximum Gasteiger partial charge on any atom is 0.238 e. The van der Waals surface area contributed by atoms with Gasteiger partial charge in [0, 0.05) is 6.54 Å². The van der Waals surface area contributed by atoms with Crippen LogP contribution in [0, 0.1) is 0 Å². The Labute approximate surface area is 142 Å². The van der Waals surface area contributed by atoms with Crippen LogP contribution in [-0.4, -0.2) is 14.3 Å². The molecule has 1 unspecified atom stereocenters. The molecular weight excluding hydrogens is 324 g/mol. The van der Waals surface area contributed by atoms with E-state index >= 15 is 0 Å². The summed E-state index contributed by atoms with van der Waals surface area (Å²) in [5.41, 5.74) is 1.82. The van der Waals surface area contributed by atoms with Crippen LogP contribution in [-0.2, 0) is 21.4 Å². The van der Waals surface area contributed by atoms with Gasteiger partial charge in [-0.15, -0.1) is 0 Å². The number of primary sulfonamides is 1. The number of carbonyl (C=O) groups excluding carboxylic acids is 1. The normalized spacial score (nSPS) is 12.6. The number of carbonyl (C=O) groups is 1. The van der Waals surface area contributed by atoms with Gasteiger partial charge in [-0.25, -0.2) is 13.6 Å². The minimum atomic E-state index is -3.70. The molecular formula is C18H22N2O3S. The zero-order valence-electron chi connectivity index (χ0n) is 13.6. The largest absolute Gasteiger partial charge is 0.351 e. The average Bonchev–Trinajstić information content (AvgIpc) is 2.58. The first-order valence-corrected chi connectivity index (χ1v) is 9.41. The van der Waals surface area contributed by atoms with Gasteiger partial charge in [0.05, 0.1) is 10.8 Å². The SMILES string of the molecule is CCCC(C(=O)NCc1ccc(S(N)(=O)=O)cc1)c1ccccc1. The molecule has 0 aliphatic carbocycles. The van der Waals surface area contributed by atoms with Gasteiger partial charge in [-0.1, -0.05) is 55.8 Å². The summed E-state index contributed by atoms with van der Waals surface area (Å²) in [6.07, 6.45) is 1.69. The number of benzene rings is 2. The third-order valence-electron chi connectivity index (χ3n) is 3.81. The Kier molecular flexibility index (Phi) is 6.11. The van der Waals surface area contributed by atoms with Crippen molar-refractivity contribution < 1.29 is 13.2 Å². The fraction of sp³-hybridized carbons (Fsp3) is 0.278.